The molecule has 2 aromatic rings. The fourth-order valence-electron chi connectivity index (χ4n) is 1.62. The van der Waals surface area contributed by atoms with Crippen molar-refractivity contribution in [3.63, 3.8) is 0 Å². The first kappa shape index (κ1) is 10.7. The van der Waals surface area contributed by atoms with E-state index in [9.17, 15) is 0 Å². The number of rotatable bonds is 4. The first-order chi connectivity index (χ1) is 7.85. The first-order valence-electron chi connectivity index (χ1n) is 5.21. The fraction of sp³-hybridized carbons (Fsp3) is 0.250. The highest BCUT2D eigenvalue weighted by atomic mass is 16.5. The van der Waals surface area contributed by atoms with E-state index in [2.05, 4.69) is 4.98 Å². The van der Waals surface area contributed by atoms with Crippen molar-refractivity contribution in [1.82, 2.24) is 9.55 Å². The quantitative estimate of drug-likeness (QED) is 0.841. The standard InChI is InChI=1S/C12H15N3O/c1-16-12-5-3-2-4-11(12)15-8-10(6-7-13)14-9-15/h2-5,8-9H,6-7,13H2,1H3. The highest BCUT2D eigenvalue weighted by molar-refractivity contribution is 5.46. The van der Waals surface area contributed by atoms with Gasteiger partial charge in [-0.2, -0.15) is 0 Å². The van der Waals surface area contributed by atoms with E-state index in [-0.39, 0.29) is 0 Å². The number of benzene rings is 1. The van der Waals surface area contributed by atoms with E-state index in [1.165, 1.54) is 0 Å². The zero-order valence-electron chi connectivity index (χ0n) is 9.26. The Hall–Kier alpha value is -1.81. The van der Waals surface area contributed by atoms with Crippen molar-refractivity contribution in [1.29, 1.82) is 0 Å². The zero-order chi connectivity index (χ0) is 11.4. The molecule has 0 fully saturated rings. The number of imidazole rings is 1. The van der Waals surface area contributed by atoms with Gasteiger partial charge in [-0.3, -0.25) is 0 Å². The predicted octanol–water partition coefficient (Wildman–Crippen LogP) is 1.38. The van der Waals surface area contributed by atoms with E-state index in [1.54, 1.807) is 13.4 Å². The molecule has 0 saturated heterocycles. The third kappa shape index (κ3) is 2.06. The summed E-state index contributed by atoms with van der Waals surface area (Å²) in [5.74, 6) is 0.833. The average molecular weight is 217 g/mol. The molecule has 0 amide bonds. The summed E-state index contributed by atoms with van der Waals surface area (Å²) in [5, 5.41) is 0. The van der Waals surface area contributed by atoms with E-state index in [0.717, 1.165) is 23.6 Å². The molecule has 0 aliphatic rings. The molecule has 1 aromatic carbocycles. The third-order valence-electron chi connectivity index (χ3n) is 2.40. The molecule has 0 aliphatic carbocycles. The molecule has 4 heteroatoms. The van der Waals surface area contributed by atoms with E-state index >= 15 is 0 Å². The van der Waals surface area contributed by atoms with Crippen LogP contribution in [0.4, 0.5) is 0 Å². The van der Waals surface area contributed by atoms with Crippen LogP contribution < -0.4 is 10.5 Å². The van der Waals surface area contributed by atoms with Crippen LogP contribution in [0.1, 0.15) is 5.69 Å². The highest BCUT2D eigenvalue weighted by Gasteiger charge is 2.05. The number of nitrogens with zero attached hydrogens (tertiary/aromatic N) is 2. The summed E-state index contributed by atoms with van der Waals surface area (Å²) in [6.07, 6.45) is 4.55. The summed E-state index contributed by atoms with van der Waals surface area (Å²) in [5.41, 5.74) is 7.47. The van der Waals surface area contributed by atoms with Gasteiger partial charge in [-0.05, 0) is 18.7 Å². The minimum atomic E-state index is 0.614. The molecule has 2 rings (SSSR count). The van der Waals surface area contributed by atoms with Gasteiger partial charge in [-0.15, -0.1) is 0 Å². The number of aromatic nitrogens is 2. The lowest BCUT2D eigenvalue weighted by Crippen LogP contribution is -2.02. The fourth-order valence-corrected chi connectivity index (χ4v) is 1.62. The number of hydrogen-bond acceptors (Lipinski definition) is 3. The topological polar surface area (TPSA) is 53.1 Å². The van der Waals surface area contributed by atoms with E-state index < -0.39 is 0 Å². The second kappa shape index (κ2) is 4.81. The molecule has 2 N–H and O–H groups in total. The number of hydrogen-bond donors (Lipinski definition) is 1. The van der Waals surface area contributed by atoms with Crippen molar-refractivity contribution >= 4 is 0 Å². The van der Waals surface area contributed by atoms with Crippen LogP contribution in [0.15, 0.2) is 36.8 Å². The molecule has 1 heterocycles. The zero-order valence-corrected chi connectivity index (χ0v) is 9.26. The van der Waals surface area contributed by atoms with Gasteiger partial charge in [0.1, 0.15) is 5.75 Å². The van der Waals surface area contributed by atoms with Gasteiger partial charge in [0.15, 0.2) is 0 Å². The minimum absolute atomic E-state index is 0.614. The van der Waals surface area contributed by atoms with Crippen LogP contribution in [0.2, 0.25) is 0 Å². The molecular formula is C12H15N3O. The van der Waals surface area contributed by atoms with Crippen LogP contribution in [0.25, 0.3) is 5.69 Å². The first-order valence-corrected chi connectivity index (χ1v) is 5.21. The summed E-state index contributed by atoms with van der Waals surface area (Å²) in [6.45, 7) is 0.614. The summed E-state index contributed by atoms with van der Waals surface area (Å²) < 4.78 is 7.24. The molecule has 0 aliphatic heterocycles. The lowest BCUT2D eigenvalue weighted by molar-refractivity contribution is 0.413. The minimum Gasteiger partial charge on any atom is -0.495 e. The summed E-state index contributed by atoms with van der Waals surface area (Å²) in [4.78, 5) is 4.29. The van der Waals surface area contributed by atoms with Crippen LogP contribution in [0.3, 0.4) is 0 Å². The van der Waals surface area contributed by atoms with Crippen LogP contribution in [0, 0.1) is 0 Å². The van der Waals surface area contributed by atoms with Gasteiger partial charge >= 0.3 is 0 Å². The lowest BCUT2D eigenvalue weighted by Gasteiger charge is -2.07. The maximum absolute atomic E-state index is 5.49. The number of methoxy groups -OCH3 is 1. The van der Waals surface area contributed by atoms with Crippen LogP contribution in [-0.4, -0.2) is 23.2 Å². The maximum atomic E-state index is 5.49. The van der Waals surface area contributed by atoms with Gasteiger partial charge in [0.25, 0.3) is 0 Å². The van der Waals surface area contributed by atoms with Gasteiger partial charge in [-0.1, -0.05) is 12.1 Å². The van der Waals surface area contributed by atoms with Gasteiger partial charge in [-0.25, -0.2) is 4.98 Å². The van der Waals surface area contributed by atoms with Crippen LogP contribution in [-0.2, 0) is 6.42 Å². The Kier molecular flexibility index (Phi) is 3.22. The summed E-state index contributed by atoms with van der Waals surface area (Å²) in [6, 6.07) is 7.84. The molecule has 0 atom stereocenters. The maximum Gasteiger partial charge on any atom is 0.142 e. The second-order valence-corrected chi connectivity index (χ2v) is 3.48. The molecule has 16 heavy (non-hydrogen) atoms. The second-order valence-electron chi connectivity index (χ2n) is 3.48. The number of ether oxygens (including phenoxy) is 1. The van der Waals surface area contributed by atoms with Crippen molar-refractivity contribution in [3.05, 3.63) is 42.5 Å². The van der Waals surface area contributed by atoms with Crippen molar-refractivity contribution in [3.8, 4) is 11.4 Å². The third-order valence-corrected chi connectivity index (χ3v) is 2.40. The largest absolute Gasteiger partial charge is 0.495 e. The van der Waals surface area contributed by atoms with E-state index in [4.69, 9.17) is 10.5 Å². The van der Waals surface area contributed by atoms with Crippen molar-refractivity contribution in [2.75, 3.05) is 13.7 Å². The molecule has 0 spiro atoms. The highest BCUT2D eigenvalue weighted by Crippen LogP contribution is 2.21. The Labute approximate surface area is 94.7 Å². The molecule has 0 radical (unpaired) electrons. The molecule has 0 bridgehead atoms. The average Bonchev–Trinajstić information content (AvgIpc) is 2.78. The normalized spacial score (nSPS) is 10.4. The van der Waals surface area contributed by atoms with Crippen molar-refractivity contribution in [2.45, 2.75) is 6.42 Å². The monoisotopic (exact) mass is 217 g/mol. The molecule has 84 valence electrons. The smallest absolute Gasteiger partial charge is 0.142 e. The van der Waals surface area contributed by atoms with Gasteiger partial charge in [0, 0.05) is 12.6 Å². The van der Waals surface area contributed by atoms with E-state index in [1.807, 2.05) is 35.0 Å². The Morgan fingerprint density at radius 2 is 2.19 bits per heavy atom. The molecule has 0 saturated carbocycles. The van der Waals surface area contributed by atoms with Crippen LogP contribution >= 0.6 is 0 Å². The molecule has 0 unspecified atom stereocenters. The van der Waals surface area contributed by atoms with Crippen molar-refractivity contribution in [2.24, 2.45) is 5.73 Å². The number of nitrogens with two attached hydrogens (primary N) is 1. The molecule has 4 nitrogen and oxygen atoms in total. The van der Waals surface area contributed by atoms with Crippen molar-refractivity contribution < 1.29 is 4.74 Å². The Morgan fingerprint density at radius 1 is 1.38 bits per heavy atom. The van der Waals surface area contributed by atoms with Crippen LogP contribution in [0.5, 0.6) is 5.75 Å². The Morgan fingerprint density at radius 3 is 2.94 bits per heavy atom. The Bertz CT molecular complexity index is 465. The predicted molar refractivity (Wildman–Crippen MR) is 62.9 cm³/mol. The van der Waals surface area contributed by atoms with E-state index in [0.29, 0.717) is 6.54 Å². The van der Waals surface area contributed by atoms with Gasteiger partial charge in [0.2, 0.25) is 0 Å². The number of para-hydroxylation sites is 2. The SMILES string of the molecule is COc1ccccc1-n1cnc(CCN)c1. The van der Waals surface area contributed by atoms with Gasteiger partial charge in [0.05, 0.1) is 24.8 Å². The lowest BCUT2D eigenvalue weighted by atomic mass is 10.3. The summed E-state index contributed by atoms with van der Waals surface area (Å²) in [7, 11) is 1.66. The molecule has 1 aromatic heterocycles. The Balaban J connectivity index is 2.34. The molecular weight excluding hydrogens is 202 g/mol. The summed E-state index contributed by atoms with van der Waals surface area (Å²) >= 11 is 0. The van der Waals surface area contributed by atoms with Gasteiger partial charge < -0.3 is 15.0 Å².